The van der Waals surface area contributed by atoms with Crippen LogP contribution in [0.15, 0.2) is 36.4 Å². The lowest BCUT2D eigenvalue weighted by Gasteiger charge is -2.08. The molecule has 0 spiro atoms. The molecule has 2 aromatic rings. The van der Waals surface area contributed by atoms with E-state index in [1.54, 1.807) is 6.92 Å². The van der Waals surface area contributed by atoms with Gasteiger partial charge in [0.15, 0.2) is 0 Å². The number of nitro benzene ring substituents is 1. The molecule has 0 heterocycles. The van der Waals surface area contributed by atoms with Crippen molar-refractivity contribution < 1.29 is 14.1 Å². The maximum absolute atomic E-state index is 13.2. The largest absolute Gasteiger partial charge is 0.398 e. The molecule has 0 saturated carbocycles. The average molecular weight is 289 g/mol. The fourth-order valence-corrected chi connectivity index (χ4v) is 1.78. The van der Waals surface area contributed by atoms with Gasteiger partial charge < -0.3 is 11.1 Å². The molecule has 3 N–H and O–H groups in total. The van der Waals surface area contributed by atoms with Gasteiger partial charge in [0.05, 0.1) is 10.5 Å². The molecule has 6 nitrogen and oxygen atoms in total. The third-order valence-corrected chi connectivity index (χ3v) is 2.91. The molecule has 0 aliphatic carbocycles. The third kappa shape index (κ3) is 3.14. The minimum atomic E-state index is -0.613. The van der Waals surface area contributed by atoms with E-state index in [9.17, 15) is 19.3 Å². The zero-order valence-corrected chi connectivity index (χ0v) is 11.1. The van der Waals surface area contributed by atoms with Crippen molar-refractivity contribution in [2.75, 3.05) is 11.1 Å². The Morgan fingerprint density at radius 2 is 2.00 bits per heavy atom. The summed E-state index contributed by atoms with van der Waals surface area (Å²) in [6.45, 7) is 1.56. The van der Waals surface area contributed by atoms with Crippen LogP contribution in [0.5, 0.6) is 0 Å². The Morgan fingerprint density at radius 3 is 2.62 bits per heavy atom. The highest BCUT2D eigenvalue weighted by molar-refractivity contribution is 6.08. The van der Waals surface area contributed by atoms with Crippen LogP contribution in [0.2, 0.25) is 0 Å². The minimum Gasteiger partial charge on any atom is -0.398 e. The molecule has 108 valence electrons. The lowest BCUT2D eigenvalue weighted by molar-refractivity contribution is -0.384. The summed E-state index contributed by atoms with van der Waals surface area (Å²) in [5.74, 6) is -0.981. The van der Waals surface area contributed by atoms with Gasteiger partial charge in [0.2, 0.25) is 0 Å². The molecule has 21 heavy (non-hydrogen) atoms. The topological polar surface area (TPSA) is 98.3 Å². The molecule has 2 aromatic carbocycles. The van der Waals surface area contributed by atoms with Gasteiger partial charge in [-0.25, -0.2) is 4.39 Å². The van der Waals surface area contributed by atoms with Gasteiger partial charge in [-0.3, -0.25) is 14.9 Å². The normalized spacial score (nSPS) is 10.2. The number of nitrogens with one attached hydrogen (secondary N) is 1. The standard InChI is InChI=1S/C14H12FN3O3/c1-8-6-9(2-4-12(8)15)17-14(19)11-7-10(18(20)21)3-5-13(11)16/h2-7H,16H2,1H3,(H,17,19). The second kappa shape index (κ2) is 5.58. The Hall–Kier alpha value is -2.96. The van der Waals surface area contributed by atoms with E-state index in [2.05, 4.69) is 5.32 Å². The van der Waals surface area contributed by atoms with E-state index < -0.39 is 10.8 Å². The number of hydrogen-bond acceptors (Lipinski definition) is 4. The SMILES string of the molecule is Cc1cc(NC(=O)c2cc([N+](=O)[O-])ccc2N)ccc1F. The molecule has 0 radical (unpaired) electrons. The maximum atomic E-state index is 13.2. The van der Waals surface area contributed by atoms with Crippen LogP contribution >= 0.6 is 0 Å². The molecule has 0 fully saturated rings. The lowest BCUT2D eigenvalue weighted by Crippen LogP contribution is -2.14. The van der Waals surface area contributed by atoms with E-state index in [4.69, 9.17) is 5.73 Å². The summed E-state index contributed by atoms with van der Waals surface area (Å²) >= 11 is 0. The first kappa shape index (κ1) is 14.4. The number of hydrogen-bond donors (Lipinski definition) is 2. The first-order chi connectivity index (χ1) is 9.88. The molecule has 0 unspecified atom stereocenters. The molecule has 0 atom stereocenters. The Kier molecular flexibility index (Phi) is 3.84. The summed E-state index contributed by atoms with van der Waals surface area (Å²) in [7, 11) is 0. The van der Waals surface area contributed by atoms with E-state index in [0.717, 1.165) is 6.07 Å². The Labute approximate surface area is 119 Å². The van der Waals surface area contributed by atoms with Crippen LogP contribution in [-0.4, -0.2) is 10.8 Å². The predicted molar refractivity (Wildman–Crippen MR) is 76.6 cm³/mol. The van der Waals surface area contributed by atoms with Crippen LogP contribution in [0.4, 0.5) is 21.5 Å². The van der Waals surface area contributed by atoms with E-state index >= 15 is 0 Å². The van der Waals surface area contributed by atoms with Gasteiger partial charge >= 0.3 is 0 Å². The quantitative estimate of drug-likeness (QED) is 0.515. The summed E-state index contributed by atoms with van der Waals surface area (Å²) < 4.78 is 13.2. The van der Waals surface area contributed by atoms with Crippen molar-refractivity contribution in [3.63, 3.8) is 0 Å². The van der Waals surface area contributed by atoms with Crippen LogP contribution < -0.4 is 11.1 Å². The van der Waals surface area contributed by atoms with Gasteiger partial charge in [-0.2, -0.15) is 0 Å². The molecule has 0 aliphatic heterocycles. The van der Waals surface area contributed by atoms with Crippen molar-refractivity contribution in [3.8, 4) is 0 Å². The van der Waals surface area contributed by atoms with Gasteiger partial charge in [0.1, 0.15) is 5.82 Å². The number of anilines is 2. The van der Waals surface area contributed by atoms with Crippen molar-refractivity contribution in [2.45, 2.75) is 6.92 Å². The molecule has 0 aliphatic rings. The number of halogens is 1. The van der Waals surface area contributed by atoms with Gasteiger partial charge in [0.25, 0.3) is 11.6 Å². The number of aryl methyl sites for hydroxylation is 1. The predicted octanol–water partition coefficient (Wildman–Crippen LogP) is 2.88. The highest BCUT2D eigenvalue weighted by Gasteiger charge is 2.15. The summed E-state index contributed by atoms with van der Waals surface area (Å²) in [5, 5.41) is 13.2. The Bertz CT molecular complexity index is 731. The van der Waals surface area contributed by atoms with Crippen molar-refractivity contribution in [1.29, 1.82) is 0 Å². The fourth-order valence-electron chi connectivity index (χ4n) is 1.78. The molecule has 1 amide bonds. The summed E-state index contributed by atoms with van der Waals surface area (Å²) in [6.07, 6.45) is 0. The van der Waals surface area contributed by atoms with Gasteiger partial charge in [-0.1, -0.05) is 0 Å². The number of nitrogens with two attached hydrogens (primary N) is 1. The molecule has 0 saturated heterocycles. The average Bonchev–Trinajstić information content (AvgIpc) is 2.43. The monoisotopic (exact) mass is 289 g/mol. The van der Waals surface area contributed by atoms with E-state index in [0.29, 0.717) is 11.3 Å². The summed E-state index contributed by atoms with van der Waals surface area (Å²) in [4.78, 5) is 22.2. The summed E-state index contributed by atoms with van der Waals surface area (Å²) in [6, 6.07) is 7.69. The number of nitrogen functional groups attached to an aromatic ring is 1. The number of nitro groups is 1. The zero-order valence-electron chi connectivity index (χ0n) is 11.1. The van der Waals surface area contributed by atoms with Gasteiger partial charge in [-0.05, 0) is 36.8 Å². The number of benzene rings is 2. The molecule has 0 bridgehead atoms. The third-order valence-electron chi connectivity index (χ3n) is 2.91. The van der Waals surface area contributed by atoms with Gasteiger partial charge in [-0.15, -0.1) is 0 Å². The van der Waals surface area contributed by atoms with E-state index in [-0.39, 0.29) is 22.8 Å². The second-order valence-electron chi connectivity index (χ2n) is 4.45. The highest BCUT2D eigenvalue weighted by atomic mass is 19.1. The number of carbonyl (C=O) groups is 1. The number of carbonyl (C=O) groups excluding carboxylic acids is 1. The van der Waals surface area contributed by atoms with E-state index in [1.807, 2.05) is 0 Å². The molecular formula is C14H12FN3O3. The minimum absolute atomic E-state index is 0.00817. The van der Waals surface area contributed by atoms with Crippen molar-refractivity contribution in [2.24, 2.45) is 0 Å². The van der Waals surface area contributed by atoms with Crippen LogP contribution in [0.25, 0.3) is 0 Å². The number of non-ortho nitro benzene ring substituents is 1. The van der Waals surface area contributed by atoms with Crippen LogP contribution in [0.3, 0.4) is 0 Å². The Balaban J connectivity index is 2.29. The van der Waals surface area contributed by atoms with Crippen LogP contribution in [-0.2, 0) is 0 Å². The Morgan fingerprint density at radius 1 is 1.29 bits per heavy atom. The second-order valence-corrected chi connectivity index (χ2v) is 4.45. The van der Waals surface area contributed by atoms with Crippen molar-refractivity contribution in [1.82, 2.24) is 0 Å². The first-order valence-electron chi connectivity index (χ1n) is 6.00. The zero-order chi connectivity index (χ0) is 15.6. The number of rotatable bonds is 3. The van der Waals surface area contributed by atoms with E-state index in [1.165, 1.54) is 30.3 Å². The molecule has 0 aromatic heterocycles. The molecular weight excluding hydrogens is 277 g/mol. The first-order valence-corrected chi connectivity index (χ1v) is 6.00. The maximum Gasteiger partial charge on any atom is 0.270 e. The van der Waals surface area contributed by atoms with Gasteiger partial charge in [0, 0.05) is 23.5 Å². The summed E-state index contributed by atoms with van der Waals surface area (Å²) in [5.41, 5.74) is 6.29. The molecule has 2 rings (SSSR count). The fraction of sp³-hybridized carbons (Fsp3) is 0.0714. The van der Waals surface area contributed by atoms with Crippen LogP contribution in [0.1, 0.15) is 15.9 Å². The van der Waals surface area contributed by atoms with Crippen LogP contribution in [0, 0.1) is 22.9 Å². The van der Waals surface area contributed by atoms with Crippen molar-refractivity contribution in [3.05, 3.63) is 63.5 Å². The smallest absolute Gasteiger partial charge is 0.270 e. The van der Waals surface area contributed by atoms with Crippen molar-refractivity contribution >= 4 is 23.0 Å². The highest BCUT2D eigenvalue weighted by Crippen LogP contribution is 2.21. The number of amides is 1. The lowest BCUT2D eigenvalue weighted by atomic mass is 10.1. The molecule has 7 heteroatoms. The number of nitrogens with zero attached hydrogens (tertiary/aromatic N) is 1.